The zero-order valence-electron chi connectivity index (χ0n) is 9.95. The first-order valence-electron chi connectivity index (χ1n) is 6.11. The lowest BCUT2D eigenvalue weighted by molar-refractivity contribution is 0.564. The molecule has 1 aliphatic rings. The fourth-order valence-electron chi connectivity index (χ4n) is 2.53. The van der Waals surface area contributed by atoms with E-state index in [1.54, 1.807) is 23.5 Å². The van der Waals surface area contributed by atoms with Crippen LogP contribution in [0.4, 0.5) is 4.39 Å². The Kier molecular flexibility index (Phi) is 3.16. The van der Waals surface area contributed by atoms with E-state index in [4.69, 9.17) is 5.84 Å². The largest absolute Gasteiger partial charge is 0.271 e. The fourth-order valence-corrected chi connectivity index (χ4v) is 3.87. The first-order chi connectivity index (χ1) is 8.79. The van der Waals surface area contributed by atoms with Gasteiger partial charge >= 0.3 is 0 Å². The molecular weight excluding hydrogens is 247 g/mol. The van der Waals surface area contributed by atoms with Crippen molar-refractivity contribution in [3.63, 3.8) is 0 Å². The summed E-state index contributed by atoms with van der Waals surface area (Å²) < 4.78 is 13.8. The fraction of sp³-hybridized carbons (Fsp3) is 0.286. The van der Waals surface area contributed by atoms with Gasteiger partial charge in [-0.15, -0.1) is 11.3 Å². The zero-order chi connectivity index (χ0) is 12.5. The van der Waals surface area contributed by atoms with Gasteiger partial charge in [0.2, 0.25) is 0 Å². The summed E-state index contributed by atoms with van der Waals surface area (Å²) in [5, 5.41) is 0. The molecule has 4 heteroatoms. The van der Waals surface area contributed by atoms with Gasteiger partial charge in [0.15, 0.2) is 0 Å². The van der Waals surface area contributed by atoms with Crippen LogP contribution in [0.5, 0.6) is 0 Å². The molecular formula is C14H15FN2S. The lowest BCUT2D eigenvalue weighted by Crippen LogP contribution is -2.28. The Labute approximate surface area is 110 Å². The van der Waals surface area contributed by atoms with Gasteiger partial charge in [-0.25, -0.2) is 9.82 Å². The number of benzene rings is 1. The average molecular weight is 262 g/mol. The smallest absolute Gasteiger partial charge is 0.128 e. The number of nitrogens with two attached hydrogens (primary N) is 1. The maximum Gasteiger partial charge on any atom is 0.128 e. The maximum absolute atomic E-state index is 13.8. The Balaban J connectivity index is 1.99. The van der Waals surface area contributed by atoms with E-state index >= 15 is 0 Å². The molecule has 1 aromatic heterocycles. The molecule has 1 unspecified atom stereocenters. The van der Waals surface area contributed by atoms with Crippen LogP contribution in [0.25, 0.3) is 0 Å². The molecule has 2 aromatic rings. The van der Waals surface area contributed by atoms with E-state index in [1.807, 2.05) is 6.07 Å². The molecule has 18 heavy (non-hydrogen) atoms. The Morgan fingerprint density at radius 2 is 2.11 bits per heavy atom. The Morgan fingerprint density at radius 1 is 1.28 bits per heavy atom. The van der Waals surface area contributed by atoms with Crippen LogP contribution in [0.15, 0.2) is 30.3 Å². The van der Waals surface area contributed by atoms with E-state index in [-0.39, 0.29) is 11.9 Å². The number of nitrogens with one attached hydrogen (secondary N) is 1. The molecule has 0 saturated carbocycles. The summed E-state index contributed by atoms with van der Waals surface area (Å²) in [6.07, 6.45) is 3.52. The van der Waals surface area contributed by atoms with Crippen molar-refractivity contribution >= 4 is 11.3 Å². The molecule has 94 valence electrons. The molecule has 2 nitrogen and oxygen atoms in total. The van der Waals surface area contributed by atoms with Crippen LogP contribution in [-0.4, -0.2) is 0 Å². The van der Waals surface area contributed by atoms with Gasteiger partial charge in [0.05, 0.1) is 6.04 Å². The van der Waals surface area contributed by atoms with E-state index in [1.165, 1.54) is 22.9 Å². The second-order valence-electron chi connectivity index (χ2n) is 4.57. The highest BCUT2D eigenvalue weighted by molar-refractivity contribution is 7.12. The van der Waals surface area contributed by atoms with E-state index < -0.39 is 0 Å². The molecule has 3 N–H and O–H groups in total. The molecule has 3 rings (SSSR count). The SMILES string of the molecule is NNC(c1cc2c(s1)CCC2)c1ccccc1F. The van der Waals surface area contributed by atoms with Gasteiger partial charge in [0.1, 0.15) is 5.82 Å². The molecule has 0 saturated heterocycles. The number of hydrazine groups is 1. The van der Waals surface area contributed by atoms with Crippen molar-refractivity contribution < 1.29 is 4.39 Å². The third-order valence-corrected chi connectivity index (χ3v) is 4.74. The Bertz CT molecular complexity index is 543. The quantitative estimate of drug-likeness (QED) is 0.659. The van der Waals surface area contributed by atoms with Crippen LogP contribution < -0.4 is 11.3 Å². The Morgan fingerprint density at radius 3 is 2.83 bits per heavy atom. The molecule has 1 aromatic carbocycles. The Hall–Kier alpha value is -1.23. The minimum absolute atomic E-state index is 0.214. The molecule has 0 bridgehead atoms. The van der Waals surface area contributed by atoms with Crippen molar-refractivity contribution in [2.45, 2.75) is 25.3 Å². The number of hydrogen-bond acceptors (Lipinski definition) is 3. The van der Waals surface area contributed by atoms with Crippen molar-refractivity contribution in [3.8, 4) is 0 Å². The van der Waals surface area contributed by atoms with E-state index in [0.717, 1.165) is 17.7 Å². The van der Waals surface area contributed by atoms with Gasteiger partial charge in [-0.3, -0.25) is 5.84 Å². The van der Waals surface area contributed by atoms with Crippen LogP contribution in [0.1, 0.15) is 33.3 Å². The van der Waals surface area contributed by atoms with Crippen LogP contribution in [0, 0.1) is 5.82 Å². The first kappa shape index (κ1) is 11.8. The second-order valence-corrected chi connectivity index (χ2v) is 5.74. The third-order valence-electron chi connectivity index (χ3n) is 3.43. The zero-order valence-corrected chi connectivity index (χ0v) is 10.8. The number of halogens is 1. The lowest BCUT2D eigenvalue weighted by Gasteiger charge is -2.15. The highest BCUT2D eigenvalue weighted by atomic mass is 32.1. The lowest BCUT2D eigenvalue weighted by atomic mass is 10.0. The molecule has 1 aliphatic carbocycles. The van der Waals surface area contributed by atoms with Gasteiger partial charge in [0.25, 0.3) is 0 Å². The second kappa shape index (κ2) is 4.80. The van der Waals surface area contributed by atoms with Crippen molar-refractivity contribution in [1.29, 1.82) is 0 Å². The predicted octanol–water partition coefficient (Wildman–Crippen LogP) is 2.93. The summed E-state index contributed by atoms with van der Waals surface area (Å²) in [6.45, 7) is 0. The highest BCUT2D eigenvalue weighted by Gasteiger charge is 2.22. The first-order valence-corrected chi connectivity index (χ1v) is 6.93. The standard InChI is InChI=1S/C14H15FN2S/c15-11-6-2-1-5-10(11)14(17-16)13-8-9-4-3-7-12(9)18-13/h1-2,5-6,8,14,17H,3-4,7,16H2. The van der Waals surface area contributed by atoms with Gasteiger partial charge in [-0.05, 0) is 37.0 Å². The number of rotatable bonds is 3. The molecule has 0 amide bonds. The number of thiophene rings is 1. The predicted molar refractivity (Wildman–Crippen MR) is 71.9 cm³/mol. The van der Waals surface area contributed by atoms with Crippen molar-refractivity contribution in [1.82, 2.24) is 5.43 Å². The highest BCUT2D eigenvalue weighted by Crippen LogP contribution is 2.36. The normalized spacial score (nSPS) is 15.7. The van der Waals surface area contributed by atoms with Crippen LogP contribution in [-0.2, 0) is 12.8 Å². The van der Waals surface area contributed by atoms with Crippen molar-refractivity contribution in [3.05, 3.63) is 57.0 Å². The summed E-state index contributed by atoms with van der Waals surface area (Å²) in [5.74, 6) is 5.40. The topological polar surface area (TPSA) is 38.0 Å². The number of hydrogen-bond donors (Lipinski definition) is 2. The summed E-state index contributed by atoms with van der Waals surface area (Å²) in [5.41, 5.74) is 4.75. The summed E-state index contributed by atoms with van der Waals surface area (Å²) in [7, 11) is 0. The van der Waals surface area contributed by atoms with E-state index in [9.17, 15) is 4.39 Å². The van der Waals surface area contributed by atoms with Crippen LogP contribution in [0.2, 0.25) is 0 Å². The minimum Gasteiger partial charge on any atom is -0.271 e. The monoisotopic (exact) mass is 262 g/mol. The van der Waals surface area contributed by atoms with Crippen molar-refractivity contribution in [2.24, 2.45) is 5.84 Å². The van der Waals surface area contributed by atoms with Crippen LogP contribution in [0.3, 0.4) is 0 Å². The molecule has 0 radical (unpaired) electrons. The average Bonchev–Trinajstić information content (AvgIpc) is 2.93. The molecule has 1 atom stereocenters. The molecule has 0 fully saturated rings. The maximum atomic E-state index is 13.8. The molecule has 0 aliphatic heterocycles. The van der Waals surface area contributed by atoms with Crippen LogP contribution >= 0.6 is 11.3 Å². The van der Waals surface area contributed by atoms with Crippen molar-refractivity contribution in [2.75, 3.05) is 0 Å². The number of fused-ring (bicyclic) bond motifs is 1. The summed E-state index contributed by atoms with van der Waals surface area (Å²) in [4.78, 5) is 2.54. The summed E-state index contributed by atoms with van der Waals surface area (Å²) in [6, 6.07) is 8.71. The van der Waals surface area contributed by atoms with E-state index in [0.29, 0.717) is 5.56 Å². The van der Waals surface area contributed by atoms with Gasteiger partial charge in [-0.1, -0.05) is 18.2 Å². The number of aryl methyl sites for hydroxylation is 2. The van der Waals surface area contributed by atoms with Gasteiger partial charge in [-0.2, -0.15) is 0 Å². The van der Waals surface area contributed by atoms with E-state index in [2.05, 4.69) is 11.5 Å². The molecule has 0 spiro atoms. The summed E-state index contributed by atoms with van der Waals surface area (Å²) >= 11 is 1.75. The van der Waals surface area contributed by atoms with Gasteiger partial charge in [0, 0.05) is 15.3 Å². The molecule has 1 heterocycles. The minimum atomic E-state index is -0.248. The van der Waals surface area contributed by atoms with Gasteiger partial charge < -0.3 is 0 Å². The third kappa shape index (κ3) is 1.96.